The Morgan fingerprint density at radius 3 is 2.65 bits per heavy atom. The highest BCUT2D eigenvalue weighted by atomic mass is 35.5. The summed E-state index contributed by atoms with van der Waals surface area (Å²) in [5.74, 6) is 0.697. The van der Waals surface area contributed by atoms with Crippen LogP contribution in [-0.4, -0.2) is 30.0 Å². The molecule has 0 atom stereocenters. The minimum absolute atomic E-state index is 0.248. The third-order valence-electron chi connectivity index (χ3n) is 5.77. The van der Waals surface area contributed by atoms with Crippen molar-refractivity contribution in [2.45, 2.75) is 58.6 Å². The van der Waals surface area contributed by atoms with Gasteiger partial charge in [0.15, 0.2) is 0 Å². The van der Waals surface area contributed by atoms with Gasteiger partial charge in [-0.15, -0.1) is 5.10 Å². The van der Waals surface area contributed by atoms with Crippen LogP contribution in [0.2, 0.25) is 5.15 Å². The van der Waals surface area contributed by atoms with E-state index >= 15 is 0 Å². The molecule has 0 aliphatic heterocycles. The first-order valence-electron chi connectivity index (χ1n) is 10.9. The molecule has 0 radical (unpaired) electrons. The second-order valence-corrected chi connectivity index (χ2v) is 8.18. The Hall–Kier alpha value is -2.47. The lowest BCUT2D eigenvalue weighted by atomic mass is 9.89. The molecular weight excluding hydrogens is 416 g/mol. The second-order valence-electron chi connectivity index (χ2n) is 7.82. The van der Waals surface area contributed by atoms with Gasteiger partial charge in [0.05, 0.1) is 26.0 Å². The standard InChI is InChI=1S/C24H31ClN2O4/c1-4-19-22(25)27(14-17-10-6-5-7-11-17)26-23(19)31-15-18-12-8-9-13-20(18)21(16-29-2)24(28)30-3/h8-9,12-13,16-17H,4-7,10-11,14-15H2,1-3H3/b21-16+. The van der Waals surface area contributed by atoms with Crippen LogP contribution in [0, 0.1) is 5.92 Å². The molecule has 1 aromatic heterocycles. The lowest BCUT2D eigenvalue weighted by Gasteiger charge is -2.21. The Morgan fingerprint density at radius 2 is 1.97 bits per heavy atom. The molecule has 7 heteroatoms. The number of hydrogen-bond acceptors (Lipinski definition) is 5. The molecule has 3 rings (SSSR count). The molecule has 6 nitrogen and oxygen atoms in total. The van der Waals surface area contributed by atoms with Crippen LogP contribution in [0.15, 0.2) is 30.5 Å². The van der Waals surface area contributed by atoms with Gasteiger partial charge in [0, 0.05) is 6.54 Å². The van der Waals surface area contributed by atoms with Crippen molar-refractivity contribution in [3.05, 3.63) is 52.4 Å². The van der Waals surface area contributed by atoms with Crippen molar-refractivity contribution in [1.29, 1.82) is 0 Å². The van der Waals surface area contributed by atoms with E-state index in [1.807, 2.05) is 35.9 Å². The first-order chi connectivity index (χ1) is 15.1. The molecule has 1 aliphatic carbocycles. The second kappa shape index (κ2) is 11.2. The van der Waals surface area contributed by atoms with Gasteiger partial charge in [-0.05, 0) is 36.3 Å². The minimum Gasteiger partial charge on any atom is -0.503 e. The fourth-order valence-corrected chi connectivity index (χ4v) is 4.43. The highest BCUT2D eigenvalue weighted by Crippen LogP contribution is 2.31. The maximum atomic E-state index is 12.2. The van der Waals surface area contributed by atoms with Gasteiger partial charge in [-0.1, -0.05) is 62.1 Å². The van der Waals surface area contributed by atoms with Crippen molar-refractivity contribution in [1.82, 2.24) is 9.78 Å². The van der Waals surface area contributed by atoms with Crippen LogP contribution >= 0.6 is 11.6 Å². The molecule has 1 saturated carbocycles. The molecule has 1 fully saturated rings. The predicted octanol–water partition coefficient (Wildman–Crippen LogP) is 5.42. The van der Waals surface area contributed by atoms with Gasteiger partial charge in [0.1, 0.15) is 17.3 Å². The molecule has 1 aliphatic rings. The van der Waals surface area contributed by atoms with E-state index in [1.54, 1.807) is 0 Å². The van der Waals surface area contributed by atoms with Crippen molar-refractivity contribution in [3.8, 4) is 5.88 Å². The summed E-state index contributed by atoms with van der Waals surface area (Å²) in [4.78, 5) is 12.2. The average Bonchev–Trinajstić information content (AvgIpc) is 3.10. The highest BCUT2D eigenvalue weighted by molar-refractivity contribution is 6.30. The Balaban J connectivity index is 1.80. The van der Waals surface area contributed by atoms with E-state index in [1.165, 1.54) is 52.6 Å². The molecule has 2 aromatic rings. The lowest BCUT2D eigenvalue weighted by molar-refractivity contribution is -0.133. The molecule has 0 amide bonds. The summed E-state index contributed by atoms with van der Waals surface area (Å²) in [6.07, 6.45) is 8.45. The summed E-state index contributed by atoms with van der Waals surface area (Å²) < 4.78 is 18.0. The molecule has 0 spiro atoms. The van der Waals surface area contributed by atoms with Crippen LogP contribution in [-0.2, 0) is 33.8 Å². The van der Waals surface area contributed by atoms with E-state index < -0.39 is 5.97 Å². The highest BCUT2D eigenvalue weighted by Gasteiger charge is 2.22. The molecular formula is C24H31ClN2O4. The van der Waals surface area contributed by atoms with Crippen LogP contribution in [0.5, 0.6) is 5.88 Å². The minimum atomic E-state index is -0.469. The number of carbonyl (C=O) groups excluding carboxylic acids is 1. The summed E-state index contributed by atoms with van der Waals surface area (Å²) in [5, 5.41) is 5.34. The zero-order chi connectivity index (χ0) is 22.2. The Labute approximate surface area is 189 Å². The number of aromatic nitrogens is 2. The summed E-state index contributed by atoms with van der Waals surface area (Å²) in [5.41, 5.74) is 2.77. The lowest BCUT2D eigenvalue weighted by Crippen LogP contribution is -2.15. The Kier molecular flexibility index (Phi) is 8.41. The van der Waals surface area contributed by atoms with E-state index in [0.29, 0.717) is 28.1 Å². The van der Waals surface area contributed by atoms with Gasteiger partial charge >= 0.3 is 5.97 Å². The first kappa shape index (κ1) is 23.2. The molecule has 1 aromatic carbocycles. The van der Waals surface area contributed by atoms with Crippen LogP contribution in [0.4, 0.5) is 0 Å². The fraction of sp³-hybridized carbons (Fsp3) is 0.500. The van der Waals surface area contributed by atoms with Crippen LogP contribution in [0.1, 0.15) is 55.7 Å². The number of halogens is 1. The normalized spacial score (nSPS) is 15.0. The number of esters is 1. The number of ether oxygens (including phenoxy) is 3. The van der Waals surface area contributed by atoms with E-state index in [9.17, 15) is 4.79 Å². The predicted molar refractivity (Wildman–Crippen MR) is 121 cm³/mol. The van der Waals surface area contributed by atoms with Gasteiger partial charge in [0.25, 0.3) is 0 Å². The topological polar surface area (TPSA) is 62.6 Å². The summed E-state index contributed by atoms with van der Waals surface area (Å²) >= 11 is 6.65. The van der Waals surface area contributed by atoms with E-state index in [2.05, 4.69) is 5.10 Å². The molecule has 168 valence electrons. The van der Waals surface area contributed by atoms with Crippen LogP contribution in [0.3, 0.4) is 0 Å². The van der Waals surface area contributed by atoms with Gasteiger partial charge in [-0.3, -0.25) is 0 Å². The van der Waals surface area contributed by atoms with E-state index in [-0.39, 0.29) is 6.61 Å². The SMILES string of the molecule is CCc1c(OCc2ccccc2/C(=C\OC)C(=O)OC)nn(CC2CCCCC2)c1Cl. The maximum absolute atomic E-state index is 12.2. The summed E-state index contributed by atoms with van der Waals surface area (Å²) in [6.45, 7) is 3.12. The van der Waals surface area contributed by atoms with Crippen molar-refractivity contribution in [3.63, 3.8) is 0 Å². The third kappa shape index (κ3) is 5.62. The van der Waals surface area contributed by atoms with Crippen molar-refractivity contribution >= 4 is 23.1 Å². The third-order valence-corrected chi connectivity index (χ3v) is 6.19. The molecule has 0 N–H and O–H groups in total. The maximum Gasteiger partial charge on any atom is 0.341 e. The van der Waals surface area contributed by atoms with Gasteiger partial charge in [-0.2, -0.15) is 0 Å². The fourth-order valence-electron chi connectivity index (χ4n) is 4.11. The molecule has 0 bridgehead atoms. The Bertz CT molecular complexity index is 916. The van der Waals surface area contributed by atoms with E-state index in [0.717, 1.165) is 24.1 Å². The number of hydrogen-bond donors (Lipinski definition) is 0. The zero-order valence-electron chi connectivity index (χ0n) is 18.5. The summed E-state index contributed by atoms with van der Waals surface area (Å²) in [7, 11) is 2.84. The van der Waals surface area contributed by atoms with Crippen LogP contribution in [0.25, 0.3) is 5.57 Å². The van der Waals surface area contributed by atoms with Crippen LogP contribution < -0.4 is 4.74 Å². The van der Waals surface area contributed by atoms with Gasteiger partial charge < -0.3 is 14.2 Å². The average molecular weight is 447 g/mol. The number of methoxy groups -OCH3 is 2. The first-order valence-corrected chi connectivity index (χ1v) is 11.2. The molecule has 1 heterocycles. The number of carbonyl (C=O) groups is 1. The summed E-state index contributed by atoms with van der Waals surface area (Å²) in [6, 6.07) is 7.52. The van der Waals surface area contributed by atoms with Gasteiger partial charge in [0.2, 0.25) is 5.88 Å². The molecule has 31 heavy (non-hydrogen) atoms. The van der Waals surface area contributed by atoms with Crippen molar-refractivity contribution < 1.29 is 19.0 Å². The van der Waals surface area contributed by atoms with Crippen molar-refractivity contribution in [2.75, 3.05) is 14.2 Å². The quantitative estimate of drug-likeness (QED) is 0.292. The number of benzene rings is 1. The Morgan fingerprint density at radius 1 is 1.23 bits per heavy atom. The number of rotatable bonds is 9. The smallest absolute Gasteiger partial charge is 0.341 e. The van der Waals surface area contributed by atoms with E-state index in [4.69, 9.17) is 25.8 Å². The largest absolute Gasteiger partial charge is 0.503 e. The monoisotopic (exact) mass is 446 g/mol. The van der Waals surface area contributed by atoms with Gasteiger partial charge in [-0.25, -0.2) is 9.48 Å². The van der Waals surface area contributed by atoms with Crippen molar-refractivity contribution in [2.24, 2.45) is 5.92 Å². The number of nitrogens with zero attached hydrogens (tertiary/aromatic N) is 2. The molecule has 0 unspecified atom stereocenters. The molecule has 0 saturated heterocycles. The zero-order valence-corrected chi connectivity index (χ0v) is 19.3.